The molecule has 3 rings (SSSR count). The minimum absolute atomic E-state index is 0.0422. The molecule has 3 N–H and O–H groups in total. The Morgan fingerprint density at radius 2 is 1.62 bits per heavy atom. The Hall–Kier alpha value is -4.36. The van der Waals surface area contributed by atoms with E-state index in [0.29, 0.717) is 11.3 Å². The highest BCUT2D eigenvalue weighted by atomic mass is 35.5. The second-order valence-electron chi connectivity index (χ2n) is 12.5. The first-order valence-electron chi connectivity index (χ1n) is 15.9. The molecule has 0 aliphatic carbocycles. The predicted octanol–water partition coefficient (Wildman–Crippen LogP) is 2.70. The summed E-state index contributed by atoms with van der Waals surface area (Å²) >= 11 is 5.98. The summed E-state index contributed by atoms with van der Waals surface area (Å²) in [5.74, 6) is -14.2. The molecule has 1 heterocycles. The number of nitrogens with zero attached hydrogens (tertiary/aromatic N) is 1. The predicted molar refractivity (Wildman–Crippen MR) is 180 cm³/mol. The van der Waals surface area contributed by atoms with Crippen molar-refractivity contribution in [1.29, 1.82) is 0 Å². The molecule has 53 heavy (non-hydrogen) atoms. The van der Waals surface area contributed by atoms with Crippen molar-refractivity contribution in [3.8, 4) is 5.75 Å². The fraction of sp³-hybridized carbons (Fsp3) is 0.485. The standard InChI is InChI=1S/C33H38ClF5N4O9S/c1-18(2)26(27(44)33(38,39)31(48)40-17-32(35,36)37)42-29(46)25-13-23(53(49,50)16-19-8-10-22(52-4)11-9-19)14-43(25)30(47)24(15-51-3)41-28(45)20-6-5-7-21(34)12-20/h5-12,18,23-26H,13-17H2,1-4H3,(H,40,48)(H,41,45)(H,42,46)/t23-,24?,25+,26?/m1/s1. The minimum Gasteiger partial charge on any atom is -0.497 e. The van der Waals surface area contributed by atoms with Crippen LogP contribution in [0.2, 0.25) is 5.02 Å². The van der Waals surface area contributed by atoms with Crippen LogP contribution in [0.3, 0.4) is 0 Å². The highest BCUT2D eigenvalue weighted by molar-refractivity contribution is 7.91. The lowest BCUT2D eigenvalue weighted by Crippen LogP contribution is -2.60. The minimum atomic E-state index is -5.07. The number of likely N-dealkylation sites (tertiary alicyclic amines) is 1. The van der Waals surface area contributed by atoms with E-state index >= 15 is 0 Å². The second-order valence-corrected chi connectivity index (χ2v) is 15.2. The van der Waals surface area contributed by atoms with Crippen LogP contribution in [0.25, 0.3) is 0 Å². The van der Waals surface area contributed by atoms with Gasteiger partial charge in [-0.25, -0.2) is 8.42 Å². The molecular formula is C33H38ClF5N4O9S. The summed E-state index contributed by atoms with van der Waals surface area (Å²) in [7, 11) is -1.55. The number of benzene rings is 2. The van der Waals surface area contributed by atoms with E-state index in [9.17, 15) is 54.3 Å². The summed E-state index contributed by atoms with van der Waals surface area (Å²) in [6.45, 7) is -0.835. The lowest BCUT2D eigenvalue weighted by molar-refractivity contribution is -0.165. The Kier molecular flexibility index (Phi) is 14.3. The first-order chi connectivity index (χ1) is 24.6. The van der Waals surface area contributed by atoms with Crippen LogP contribution in [0.15, 0.2) is 48.5 Å². The number of hydrogen-bond acceptors (Lipinski definition) is 9. The van der Waals surface area contributed by atoms with Crippen molar-refractivity contribution in [2.75, 3.05) is 33.9 Å². The van der Waals surface area contributed by atoms with Gasteiger partial charge in [-0.3, -0.25) is 24.0 Å². The Bertz CT molecular complexity index is 1780. The molecule has 2 aromatic rings. The number of ether oxygens (including phenoxy) is 2. The number of rotatable bonds is 16. The van der Waals surface area contributed by atoms with Crippen LogP contribution in [-0.2, 0) is 39.5 Å². The van der Waals surface area contributed by atoms with E-state index in [4.69, 9.17) is 21.1 Å². The third kappa shape index (κ3) is 11.3. The van der Waals surface area contributed by atoms with Crippen LogP contribution in [0.1, 0.15) is 36.2 Å². The van der Waals surface area contributed by atoms with Gasteiger partial charge < -0.3 is 30.3 Å². The van der Waals surface area contributed by atoms with Crippen LogP contribution in [-0.4, -0.2) is 112 Å². The highest BCUT2D eigenvalue weighted by Gasteiger charge is 2.53. The molecule has 1 aliphatic heterocycles. The van der Waals surface area contributed by atoms with E-state index < -0.39 is 113 Å². The maximum atomic E-state index is 14.9. The van der Waals surface area contributed by atoms with E-state index in [2.05, 4.69) is 5.32 Å². The van der Waals surface area contributed by atoms with Gasteiger partial charge in [-0.2, -0.15) is 22.0 Å². The molecule has 4 amide bonds. The number of nitrogens with one attached hydrogen (secondary N) is 3. The van der Waals surface area contributed by atoms with Gasteiger partial charge in [-0.05, 0) is 48.2 Å². The van der Waals surface area contributed by atoms with Gasteiger partial charge in [-0.15, -0.1) is 0 Å². The lowest BCUT2D eigenvalue weighted by atomic mass is 9.94. The number of carbonyl (C=O) groups excluding carboxylic acids is 5. The summed E-state index contributed by atoms with van der Waals surface area (Å²) in [6.07, 6.45) is -5.66. The van der Waals surface area contributed by atoms with Crippen LogP contribution in [0.5, 0.6) is 5.75 Å². The van der Waals surface area contributed by atoms with Gasteiger partial charge in [0, 0.05) is 24.2 Å². The molecule has 0 radical (unpaired) electrons. The fourth-order valence-electron chi connectivity index (χ4n) is 5.42. The number of hydrogen-bond donors (Lipinski definition) is 3. The molecule has 292 valence electrons. The Labute approximate surface area is 306 Å². The average Bonchev–Trinajstić information content (AvgIpc) is 3.55. The maximum absolute atomic E-state index is 14.9. The van der Waals surface area contributed by atoms with Crippen molar-refractivity contribution in [3.05, 3.63) is 64.7 Å². The molecule has 0 aromatic heterocycles. The summed E-state index contributed by atoms with van der Waals surface area (Å²) in [5, 5.41) is 4.22. The molecule has 13 nitrogen and oxygen atoms in total. The van der Waals surface area contributed by atoms with Crippen molar-refractivity contribution in [1.82, 2.24) is 20.9 Å². The van der Waals surface area contributed by atoms with Crippen molar-refractivity contribution >= 4 is 50.9 Å². The second kappa shape index (κ2) is 17.6. The summed E-state index contributed by atoms with van der Waals surface area (Å²) < 4.78 is 105. The number of carbonyl (C=O) groups is 5. The Morgan fingerprint density at radius 3 is 2.17 bits per heavy atom. The van der Waals surface area contributed by atoms with E-state index in [-0.39, 0.29) is 10.6 Å². The Morgan fingerprint density at radius 1 is 0.981 bits per heavy atom. The molecule has 2 aromatic carbocycles. The molecule has 0 bridgehead atoms. The van der Waals surface area contributed by atoms with Gasteiger partial charge in [0.2, 0.25) is 17.6 Å². The molecular weight excluding hydrogens is 759 g/mol. The van der Waals surface area contributed by atoms with E-state index in [1.165, 1.54) is 76.6 Å². The number of sulfone groups is 1. The van der Waals surface area contributed by atoms with Gasteiger partial charge in [-0.1, -0.05) is 43.6 Å². The van der Waals surface area contributed by atoms with Gasteiger partial charge in [0.25, 0.3) is 11.8 Å². The van der Waals surface area contributed by atoms with Crippen LogP contribution < -0.4 is 20.7 Å². The van der Waals surface area contributed by atoms with Gasteiger partial charge in [0.15, 0.2) is 9.84 Å². The summed E-state index contributed by atoms with van der Waals surface area (Å²) in [5.41, 5.74) is 0.375. The quantitative estimate of drug-likeness (QED) is 0.170. The number of methoxy groups -OCH3 is 2. The first kappa shape index (κ1) is 43.0. The molecule has 20 heteroatoms. The maximum Gasteiger partial charge on any atom is 0.405 e. The number of Topliss-reactive ketones (excluding diaryl/α,β-unsaturated/α-hetero) is 1. The van der Waals surface area contributed by atoms with Gasteiger partial charge in [0.05, 0.1) is 30.8 Å². The monoisotopic (exact) mass is 796 g/mol. The third-order valence-electron chi connectivity index (χ3n) is 8.20. The molecule has 1 aliphatic rings. The number of ketones is 1. The topological polar surface area (TPSA) is 177 Å². The lowest BCUT2D eigenvalue weighted by Gasteiger charge is -2.31. The van der Waals surface area contributed by atoms with Crippen molar-refractivity contribution in [2.45, 2.75) is 61.5 Å². The van der Waals surface area contributed by atoms with E-state index in [1.54, 1.807) is 0 Å². The molecule has 2 unspecified atom stereocenters. The molecule has 1 saturated heterocycles. The van der Waals surface area contributed by atoms with E-state index in [0.717, 1.165) is 10.2 Å². The zero-order chi connectivity index (χ0) is 39.9. The van der Waals surface area contributed by atoms with Gasteiger partial charge >= 0.3 is 12.1 Å². The van der Waals surface area contributed by atoms with E-state index in [1.807, 2.05) is 5.32 Å². The molecule has 1 fully saturated rings. The molecule has 0 saturated carbocycles. The molecule has 0 spiro atoms. The smallest absolute Gasteiger partial charge is 0.405 e. The van der Waals surface area contributed by atoms with Crippen LogP contribution >= 0.6 is 11.6 Å². The number of alkyl halides is 5. The number of halogens is 6. The number of amides is 4. The van der Waals surface area contributed by atoms with Crippen LogP contribution in [0.4, 0.5) is 22.0 Å². The third-order valence-corrected chi connectivity index (χ3v) is 10.5. The summed E-state index contributed by atoms with van der Waals surface area (Å²) in [6, 6.07) is 6.25. The van der Waals surface area contributed by atoms with Crippen molar-refractivity contribution < 1.29 is 63.8 Å². The SMILES string of the molecule is COCC(NC(=O)c1cccc(Cl)c1)C(=O)N1C[C@H](S(=O)(=O)Cc2ccc(OC)cc2)C[C@H]1C(=O)NC(C(=O)C(F)(F)C(=O)NCC(F)(F)F)C(C)C. The largest absolute Gasteiger partial charge is 0.497 e. The zero-order valence-electron chi connectivity index (χ0n) is 28.8. The van der Waals surface area contributed by atoms with Crippen molar-refractivity contribution in [2.24, 2.45) is 5.92 Å². The first-order valence-corrected chi connectivity index (χ1v) is 18.0. The average molecular weight is 797 g/mol. The highest BCUT2D eigenvalue weighted by Crippen LogP contribution is 2.29. The Balaban J connectivity index is 1.96. The molecule has 4 atom stereocenters. The van der Waals surface area contributed by atoms with Gasteiger partial charge in [0.1, 0.15) is 24.4 Å². The summed E-state index contributed by atoms with van der Waals surface area (Å²) in [4.78, 5) is 66.6. The fourth-order valence-corrected chi connectivity index (χ4v) is 7.36. The zero-order valence-corrected chi connectivity index (χ0v) is 30.4. The van der Waals surface area contributed by atoms with Crippen molar-refractivity contribution in [3.63, 3.8) is 0 Å². The normalized spacial score (nSPS) is 17.5. The van der Waals surface area contributed by atoms with Crippen LogP contribution in [0, 0.1) is 5.92 Å².